The number of carbonyl (C=O) groups is 1. The smallest absolute Gasteiger partial charge is 0.240 e. The van der Waals surface area contributed by atoms with Crippen LogP contribution >= 0.6 is 0 Å². The number of methoxy groups -OCH3 is 2. The van der Waals surface area contributed by atoms with Gasteiger partial charge in [-0.05, 0) is 51.9 Å². The maximum Gasteiger partial charge on any atom is 0.240 e. The van der Waals surface area contributed by atoms with Crippen LogP contribution in [0.5, 0.6) is 11.5 Å². The van der Waals surface area contributed by atoms with Gasteiger partial charge in [-0.1, -0.05) is 6.42 Å². The van der Waals surface area contributed by atoms with Crippen molar-refractivity contribution >= 4 is 15.9 Å². The Morgan fingerprint density at radius 1 is 1.10 bits per heavy atom. The average Bonchev–Trinajstić information content (AvgIpc) is 2.72. The molecule has 0 unspecified atom stereocenters. The van der Waals surface area contributed by atoms with E-state index in [0.717, 1.165) is 13.1 Å². The second-order valence-corrected chi connectivity index (χ2v) is 9.57. The highest BCUT2D eigenvalue weighted by molar-refractivity contribution is 7.89. The van der Waals surface area contributed by atoms with Crippen molar-refractivity contribution in [2.45, 2.75) is 50.0 Å². The number of ether oxygens (including phenoxy) is 2. The molecule has 1 aliphatic heterocycles. The minimum Gasteiger partial charge on any atom is -0.493 e. The molecular formula is C20H33N3O5S. The third-order valence-corrected chi connectivity index (χ3v) is 6.70. The number of carbonyl (C=O) groups excluding carboxylic acids is 1. The van der Waals surface area contributed by atoms with Gasteiger partial charge < -0.3 is 14.8 Å². The fraction of sp³-hybridized carbons (Fsp3) is 0.650. The van der Waals surface area contributed by atoms with E-state index < -0.39 is 10.0 Å². The molecule has 1 saturated heterocycles. The van der Waals surface area contributed by atoms with E-state index in [1.165, 1.54) is 51.7 Å². The maximum absolute atomic E-state index is 12.5. The normalized spacial score (nSPS) is 15.7. The molecular weight excluding hydrogens is 394 g/mol. The zero-order valence-corrected chi connectivity index (χ0v) is 18.6. The lowest BCUT2D eigenvalue weighted by Crippen LogP contribution is -2.53. The fourth-order valence-corrected chi connectivity index (χ4v) is 4.43. The van der Waals surface area contributed by atoms with E-state index in [9.17, 15) is 13.2 Å². The maximum atomic E-state index is 12.5. The molecule has 1 aromatic carbocycles. The van der Waals surface area contributed by atoms with Crippen LogP contribution in [0.25, 0.3) is 0 Å². The second kappa shape index (κ2) is 10.3. The molecule has 8 nitrogen and oxygen atoms in total. The molecule has 0 bridgehead atoms. The standard InChI is InChI=1S/C20H33N3O5S/c1-20(2,23-12-6-5-7-13-23)15-21-19(24)10-11-22-29(25,26)16-8-9-17(27-3)18(14-16)28-4/h8-9,14,22H,5-7,10-13,15H2,1-4H3,(H,21,24). The van der Waals surface area contributed by atoms with Crippen LogP contribution in [0.4, 0.5) is 0 Å². The minimum atomic E-state index is -3.75. The number of hydrogen-bond donors (Lipinski definition) is 2. The highest BCUT2D eigenvalue weighted by atomic mass is 32.2. The molecule has 1 aliphatic rings. The third-order valence-electron chi connectivity index (χ3n) is 5.24. The summed E-state index contributed by atoms with van der Waals surface area (Å²) in [5.41, 5.74) is -0.116. The van der Waals surface area contributed by atoms with E-state index in [0.29, 0.717) is 18.0 Å². The summed E-state index contributed by atoms with van der Waals surface area (Å²) < 4.78 is 37.6. The van der Waals surface area contributed by atoms with Crippen LogP contribution in [0.15, 0.2) is 23.1 Å². The Bertz CT molecular complexity index is 789. The Kier molecular flexibility index (Phi) is 8.30. The monoisotopic (exact) mass is 427 g/mol. The van der Waals surface area contributed by atoms with Crippen molar-refractivity contribution in [3.63, 3.8) is 0 Å². The Balaban J connectivity index is 1.83. The quantitative estimate of drug-likeness (QED) is 0.591. The highest BCUT2D eigenvalue weighted by Gasteiger charge is 2.28. The number of nitrogens with one attached hydrogen (secondary N) is 2. The largest absolute Gasteiger partial charge is 0.493 e. The molecule has 1 aromatic rings. The molecule has 9 heteroatoms. The first-order valence-corrected chi connectivity index (χ1v) is 11.4. The summed E-state index contributed by atoms with van der Waals surface area (Å²) >= 11 is 0. The lowest BCUT2D eigenvalue weighted by atomic mass is 9.98. The summed E-state index contributed by atoms with van der Waals surface area (Å²) in [5.74, 6) is 0.598. The van der Waals surface area contributed by atoms with Crippen molar-refractivity contribution < 1.29 is 22.7 Å². The van der Waals surface area contributed by atoms with Crippen molar-refractivity contribution in [3.8, 4) is 11.5 Å². The second-order valence-electron chi connectivity index (χ2n) is 7.80. The van der Waals surface area contributed by atoms with Crippen LogP contribution in [-0.2, 0) is 14.8 Å². The van der Waals surface area contributed by atoms with Gasteiger partial charge in [-0.15, -0.1) is 0 Å². The van der Waals surface area contributed by atoms with Gasteiger partial charge in [0.05, 0.1) is 19.1 Å². The topological polar surface area (TPSA) is 97.0 Å². The summed E-state index contributed by atoms with van der Waals surface area (Å²) in [7, 11) is -0.824. The molecule has 0 saturated carbocycles. The highest BCUT2D eigenvalue weighted by Crippen LogP contribution is 2.29. The van der Waals surface area contributed by atoms with Crippen LogP contribution in [0.3, 0.4) is 0 Å². The lowest BCUT2D eigenvalue weighted by Gasteiger charge is -2.41. The Morgan fingerprint density at radius 2 is 1.76 bits per heavy atom. The van der Waals surface area contributed by atoms with E-state index in [2.05, 4.69) is 28.8 Å². The molecule has 164 valence electrons. The van der Waals surface area contributed by atoms with Crippen LogP contribution in [-0.4, -0.2) is 65.2 Å². The SMILES string of the molecule is COc1ccc(S(=O)(=O)NCCC(=O)NCC(C)(C)N2CCCCC2)cc1OC. The predicted octanol–water partition coefficient (Wildman–Crippen LogP) is 1.75. The van der Waals surface area contributed by atoms with Gasteiger partial charge >= 0.3 is 0 Å². The summed E-state index contributed by atoms with van der Waals surface area (Å²) in [6.07, 6.45) is 3.71. The van der Waals surface area contributed by atoms with Crippen molar-refractivity contribution in [2.24, 2.45) is 0 Å². The van der Waals surface area contributed by atoms with Crippen molar-refractivity contribution in [2.75, 3.05) is 40.4 Å². The summed E-state index contributed by atoms with van der Waals surface area (Å²) in [4.78, 5) is 14.6. The molecule has 0 spiro atoms. The third kappa shape index (κ3) is 6.58. The minimum absolute atomic E-state index is 0.0205. The number of amides is 1. The van der Waals surface area contributed by atoms with Gasteiger partial charge in [0.2, 0.25) is 15.9 Å². The van der Waals surface area contributed by atoms with Gasteiger partial charge in [0.1, 0.15) is 0 Å². The average molecular weight is 428 g/mol. The molecule has 0 atom stereocenters. The molecule has 1 fully saturated rings. The van der Waals surface area contributed by atoms with E-state index in [-0.39, 0.29) is 29.3 Å². The molecule has 2 rings (SSSR count). The van der Waals surface area contributed by atoms with Gasteiger partial charge in [0.25, 0.3) is 0 Å². The van der Waals surface area contributed by atoms with Gasteiger partial charge in [0, 0.05) is 31.1 Å². The number of nitrogens with zero attached hydrogens (tertiary/aromatic N) is 1. The zero-order valence-electron chi connectivity index (χ0n) is 17.8. The first kappa shape index (κ1) is 23.4. The van der Waals surface area contributed by atoms with Gasteiger partial charge in [0.15, 0.2) is 11.5 Å². The van der Waals surface area contributed by atoms with E-state index in [4.69, 9.17) is 9.47 Å². The van der Waals surface area contributed by atoms with Crippen molar-refractivity contribution in [3.05, 3.63) is 18.2 Å². The molecule has 1 heterocycles. The Hall–Kier alpha value is -1.84. The van der Waals surface area contributed by atoms with E-state index in [1.54, 1.807) is 0 Å². The van der Waals surface area contributed by atoms with Crippen LogP contribution in [0.1, 0.15) is 39.5 Å². The number of benzene rings is 1. The molecule has 0 aliphatic carbocycles. The fourth-order valence-electron chi connectivity index (χ4n) is 3.38. The molecule has 29 heavy (non-hydrogen) atoms. The lowest BCUT2D eigenvalue weighted by molar-refractivity contribution is -0.121. The number of sulfonamides is 1. The van der Waals surface area contributed by atoms with Crippen LogP contribution in [0.2, 0.25) is 0 Å². The van der Waals surface area contributed by atoms with E-state index >= 15 is 0 Å². The summed E-state index contributed by atoms with van der Waals surface area (Å²) in [5, 5.41) is 2.93. The van der Waals surface area contributed by atoms with Crippen LogP contribution < -0.4 is 19.5 Å². The van der Waals surface area contributed by atoms with Crippen molar-refractivity contribution in [1.29, 1.82) is 0 Å². The van der Waals surface area contributed by atoms with Gasteiger partial charge in [-0.2, -0.15) is 0 Å². The predicted molar refractivity (Wildman–Crippen MR) is 112 cm³/mol. The van der Waals surface area contributed by atoms with Crippen molar-refractivity contribution in [1.82, 2.24) is 14.9 Å². The summed E-state index contributed by atoms with van der Waals surface area (Å²) in [6, 6.07) is 4.36. The molecule has 0 aromatic heterocycles. The number of piperidine rings is 1. The Labute approximate surface area is 174 Å². The number of rotatable bonds is 10. The number of hydrogen-bond acceptors (Lipinski definition) is 6. The Morgan fingerprint density at radius 3 is 2.38 bits per heavy atom. The summed E-state index contributed by atoms with van der Waals surface area (Å²) in [6.45, 7) is 6.90. The van der Waals surface area contributed by atoms with Crippen LogP contribution in [0, 0.1) is 0 Å². The molecule has 1 amide bonds. The zero-order chi connectivity index (χ0) is 21.5. The van der Waals surface area contributed by atoms with Gasteiger partial charge in [-0.25, -0.2) is 13.1 Å². The first-order chi connectivity index (χ1) is 13.7. The van der Waals surface area contributed by atoms with Gasteiger partial charge in [-0.3, -0.25) is 9.69 Å². The first-order valence-electron chi connectivity index (χ1n) is 9.93. The number of likely N-dealkylation sites (tertiary alicyclic amines) is 1. The molecule has 0 radical (unpaired) electrons. The molecule has 2 N–H and O–H groups in total. The van der Waals surface area contributed by atoms with E-state index in [1.807, 2.05) is 0 Å².